The predicted octanol–water partition coefficient (Wildman–Crippen LogP) is 4.81. The smallest absolute Gasteiger partial charge is 0.201 e. The van der Waals surface area contributed by atoms with E-state index in [0.29, 0.717) is 5.92 Å². The summed E-state index contributed by atoms with van der Waals surface area (Å²) in [4.78, 5) is 0. The lowest BCUT2D eigenvalue weighted by Crippen LogP contribution is -2.10. The highest BCUT2D eigenvalue weighted by molar-refractivity contribution is 5.52. The van der Waals surface area contributed by atoms with E-state index < -0.39 is 11.6 Å². The Morgan fingerprint density at radius 2 is 1.79 bits per heavy atom. The van der Waals surface area contributed by atoms with Crippen LogP contribution in [0.2, 0.25) is 0 Å². The van der Waals surface area contributed by atoms with Crippen LogP contribution in [0.25, 0.3) is 6.08 Å². The molecule has 1 aromatic rings. The first kappa shape index (κ1) is 14.0. The summed E-state index contributed by atoms with van der Waals surface area (Å²) in [5.41, 5.74) is 0.289. The van der Waals surface area contributed by atoms with Crippen LogP contribution in [0.15, 0.2) is 18.2 Å². The summed E-state index contributed by atoms with van der Waals surface area (Å²) < 4.78 is 32.1. The molecule has 0 spiro atoms. The van der Waals surface area contributed by atoms with Gasteiger partial charge in [-0.1, -0.05) is 31.9 Å². The van der Waals surface area contributed by atoms with Crippen molar-refractivity contribution in [3.8, 4) is 5.75 Å². The number of methoxy groups -OCH3 is 1. The largest absolute Gasteiger partial charge is 0.494 e. The highest BCUT2D eigenvalue weighted by Crippen LogP contribution is 2.30. The Labute approximate surface area is 113 Å². The second kappa shape index (κ2) is 6.18. The average Bonchev–Trinajstić information content (AvgIpc) is 2.42. The van der Waals surface area contributed by atoms with Gasteiger partial charge in [0.2, 0.25) is 5.82 Å². The molecule has 19 heavy (non-hydrogen) atoms. The summed E-state index contributed by atoms with van der Waals surface area (Å²) in [6.45, 7) is 2.26. The first-order valence-electron chi connectivity index (χ1n) is 6.82. The molecule has 0 N–H and O–H groups in total. The van der Waals surface area contributed by atoms with Gasteiger partial charge < -0.3 is 4.74 Å². The predicted molar refractivity (Wildman–Crippen MR) is 73.1 cm³/mol. The maximum atomic E-state index is 13.8. The van der Waals surface area contributed by atoms with Gasteiger partial charge in [-0.05, 0) is 36.8 Å². The lowest BCUT2D eigenvalue weighted by molar-refractivity contribution is 0.331. The van der Waals surface area contributed by atoms with Crippen LogP contribution in [0.1, 0.15) is 38.2 Å². The molecule has 0 saturated heterocycles. The molecule has 0 amide bonds. The zero-order valence-corrected chi connectivity index (χ0v) is 11.5. The van der Waals surface area contributed by atoms with Crippen molar-refractivity contribution in [1.29, 1.82) is 0 Å². The first-order chi connectivity index (χ1) is 9.11. The quantitative estimate of drug-likeness (QED) is 0.762. The van der Waals surface area contributed by atoms with Crippen molar-refractivity contribution in [2.45, 2.75) is 32.6 Å². The fourth-order valence-electron chi connectivity index (χ4n) is 2.55. The van der Waals surface area contributed by atoms with E-state index in [-0.39, 0.29) is 11.3 Å². The molecule has 0 aliphatic heterocycles. The molecular formula is C16H20F2O. The van der Waals surface area contributed by atoms with Crippen LogP contribution in [0.5, 0.6) is 5.75 Å². The van der Waals surface area contributed by atoms with Crippen molar-refractivity contribution in [1.82, 2.24) is 0 Å². The van der Waals surface area contributed by atoms with Crippen molar-refractivity contribution < 1.29 is 13.5 Å². The van der Waals surface area contributed by atoms with Gasteiger partial charge in [0.1, 0.15) is 0 Å². The summed E-state index contributed by atoms with van der Waals surface area (Å²) in [6, 6.07) is 3.01. The van der Waals surface area contributed by atoms with Gasteiger partial charge in [-0.25, -0.2) is 4.39 Å². The van der Waals surface area contributed by atoms with Crippen LogP contribution in [-0.2, 0) is 0 Å². The van der Waals surface area contributed by atoms with Crippen molar-refractivity contribution in [2.75, 3.05) is 7.11 Å². The second-order valence-electron chi connectivity index (χ2n) is 5.36. The monoisotopic (exact) mass is 266 g/mol. The summed E-state index contributed by atoms with van der Waals surface area (Å²) in [5.74, 6) is -0.525. The maximum absolute atomic E-state index is 13.8. The van der Waals surface area contributed by atoms with E-state index in [0.717, 1.165) is 18.8 Å². The van der Waals surface area contributed by atoms with Crippen LogP contribution < -0.4 is 4.74 Å². The zero-order valence-electron chi connectivity index (χ0n) is 11.5. The molecule has 3 heteroatoms. The van der Waals surface area contributed by atoms with E-state index in [1.54, 1.807) is 12.1 Å². The molecule has 0 unspecified atom stereocenters. The minimum Gasteiger partial charge on any atom is -0.494 e. The van der Waals surface area contributed by atoms with E-state index >= 15 is 0 Å². The molecule has 2 rings (SSSR count). The minimum atomic E-state index is -0.915. The Morgan fingerprint density at radius 1 is 1.11 bits per heavy atom. The number of hydrogen-bond donors (Lipinski definition) is 0. The molecule has 1 aliphatic rings. The zero-order chi connectivity index (χ0) is 13.8. The highest BCUT2D eigenvalue weighted by atomic mass is 19.2. The van der Waals surface area contributed by atoms with Crippen LogP contribution in [-0.4, -0.2) is 7.11 Å². The number of benzene rings is 1. The Balaban J connectivity index is 2.09. The van der Waals surface area contributed by atoms with Gasteiger partial charge in [-0.15, -0.1) is 0 Å². The van der Waals surface area contributed by atoms with Crippen molar-refractivity contribution in [3.05, 3.63) is 35.4 Å². The molecule has 0 radical (unpaired) electrons. The molecular weight excluding hydrogens is 246 g/mol. The minimum absolute atomic E-state index is 0.0545. The van der Waals surface area contributed by atoms with Crippen LogP contribution in [0.3, 0.4) is 0 Å². The number of rotatable bonds is 3. The number of hydrogen-bond acceptors (Lipinski definition) is 1. The summed E-state index contributed by atoms with van der Waals surface area (Å²) in [6.07, 6.45) is 8.41. The fourth-order valence-corrected chi connectivity index (χ4v) is 2.55. The van der Waals surface area contributed by atoms with Crippen molar-refractivity contribution in [3.63, 3.8) is 0 Å². The molecule has 0 atom stereocenters. The third kappa shape index (κ3) is 3.34. The van der Waals surface area contributed by atoms with Gasteiger partial charge >= 0.3 is 0 Å². The second-order valence-corrected chi connectivity index (χ2v) is 5.36. The van der Waals surface area contributed by atoms with E-state index in [1.807, 2.05) is 6.08 Å². The van der Waals surface area contributed by atoms with Gasteiger partial charge in [-0.3, -0.25) is 0 Å². The number of ether oxygens (including phenoxy) is 1. The van der Waals surface area contributed by atoms with E-state index in [9.17, 15) is 8.78 Å². The van der Waals surface area contributed by atoms with Gasteiger partial charge in [0.25, 0.3) is 0 Å². The Hall–Kier alpha value is -1.38. The molecule has 1 aromatic carbocycles. The van der Waals surface area contributed by atoms with Crippen LogP contribution >= 0.6 is 0 Å². The van der Waals surface area contributed by atoms with E-state index in [4.69, 9.17) is 4.74 Å². The Bertz CT molecular complexity index is 460. The molecule has 1 nitrogen and oxygen atoms in total. The Kier molecular flexibility index (Phi) is 4.56. The van der Waals surface area contributed by atoms with E-state index in [2.05, 4.69) is 6.92 Å². The van der Waals surface area contributed by atoms with Crippen LogP contribution in [0, 0.1) is 23.5 Å². The van der Waals surface area contributed by atoms with Crippen LogP contribution in [0.4, 0.5) is 8.78 Å². The number of allylic oxidation sites excluding steroid dienone is 1. The molecule has 1 fully saturated rings. The van der Waals surface area contributed by atoms with Crippen molar-refractivity contribution >= 4 is 6.08 Å². The standard InChI is InChI=1S/C16H20F2O/c1-11-3-5-12(6-4-11)7-8-13-9-10-14(19-2)16(18)15(13)17/h7-12H,3-6H2,1-2H3/b8-7+. The molecule has 1 aliphatic carbocycles. The molecule has 0 bridgehead atoms. The molecule has 1 saturated carbocycles. The average molecular weight is 266 g/mol. The third-order valence-corrected chi connectivity index (χ3v) is 3.91. The topological polar surface area (TPSA) is 9.23 Å². The van der Waals surface area contributed by atoms with Gasteiger partial charge in [0.15, 0.2) is 11.6 Å². The third-order valence-electron chi connectivity index (χ3n) is 3.91. The van der Waals surface area contributed by atoms with Gasteiger partial charge in [-0.2, -0.15) is 4.39 Å². The fraction of sp³-hybridized carbons (Fsp3) is 0.500. The summed E-state index contributed by atoms with van der Waals surface area (Å²) in [7, 11) is 1.33. The van der Waals surface area contributed by atoms with Crippen molar-refractivity contribution in [2.24, 2.45) is 11.8 Å². The molecule has 104 valence electrons. The first-order valence-corrected chi connectivity index (χ1v) is 6.82. The Morgan fingerprint density at radius 3 is 2.42 bits per heavy atom. The number of halogens is 2. The lowest BCUT2D eigenvalue weighted by atomic mass is 9.83. The normalized spacial score (nSPS) is 23.8. The SMILES string of the molecule is COc1ccc(/C=C/C2CCC(C)CC2)c(F)c1F. The van der Waals surface area contributed by atoms with Gasteiger partial charge in [0, 0.05) is 5.56 Å². The maximum Gasteiger partial charge on any atom is 0.201 e. The summed E-state index contributed by atoms with van der Waals surface area (Å²) >= 11 is 0. The molecule has 0 heterocycles. The highest BCUT2D eigenvalue weighted by Gasteiger charge is 2.16. The van der Waals surface area contributed by atoms with E-state index in [1.165, 1.54) is 26.0 Å². The summed E-state index contributed by atoms with van der Waals surface area (Å²) in [5, 5.41) is 0. The molecule has 0 aromatic heterocycles. The van der Waals surface area contributed by atoms with Gasteiger partial charge in [0.05, 0.1) is 7.11 Å². The lowest BCUT2D eigenvalue weighted by Gasteiger charge is -2.23.